The van der Waals surface area contributed by atoms with Crippen molar-refractivity contribution < 1.29 is 8.42 Å². The van der Waals surface area contributed by atoms with E-state index in [1.165, 1.54) is 11.1 Å². The molecule has 0 saturated heterocycles. The van der Waals surface area contributed by atoms with Crippen LogP contribution in [0.4, 0.5) is 5.69 Å². The Kier molecular flexibility index (Phi) is 7.01. The molecule has 0 fully saturated rings. The second kappa shape index (κ2) is 7.74. The first-order chi connectivity index (χ1) is 7.47. The molecule has 3 N–H and O–H groups in total. The van der Waals surface area contributed by atoms with Crippen LogP contribution in [-0.4, -0.2) is 15.0 Å². The molecule has 0 atom stereocenters. The molecular weight excluding hydrogens is 224 g/mol. The third-order valence-corrected chi connectivity index (χ3v) is 1.90. The Morgan fingerprint density at radius 1 is 1.38 bits per heavy atom. The maximum absolute atomic E-state index is 8.81. The molecule has 0 unspecified atom stereocenters. The summed E-state index contributed by atoms with van der Waals surface area (Å²) >= 11 is 0. The van der Waals surface area contributed by atoms with Gasteiger partial charge in [-0.15, -0.1) is 6.42 Å². The fourth-order valence-corrected chi connectivity index (χ4v) is 1.00. The Balaban J connectivity index is 0.000000487. The highest BCUT2D eigenvalue weighted by molar-refractivity contribution is 7.69. The van der Waals surface area contributed by atoms with E-state index in [1.807, 2.05) is 6.07 Å². The average molecular weight is 240 g/mol. The molecule has 0 heterocycles. The molecule has 1 aromatic carbocycles. The van der Waals surface area contributed by atoms with Crippen molar-refractivity contribution in [1.29, 1.82) is 0 Å². The van der Waals surface area contributed by atoms with Crippen LogP contribution in [0.2, 0.25) is 0 Å². The molecule has 4 nitrogen and oxygen atoms in total. The first kappa shape index (κ1) is 14.5. The van der Waals surface area contributed by atoms with Crippen molar-refractivity contribution in [1.82, 2.24) is 0 Å². The molecule has 0 amide bonds. The molecule has 0 bridgehead atoms. The summed E-state index contributed by atoms with van der Waals surface area (Å²) in [5, 5.41) is 7.19. The van der Waals surface area contributed by atoms with Crippen LogP contribution < -0.4 is 10.5 Å². The standard InChI is InChI=1S/C11H13N.H3NO2S/c1-4-7-12-11-6-5-9(2)10(3)8-11;1-4(2)3/h1,5-6,8,12H,7H2,2-3H3;4H,(H2,1,2,3). The number of nitrogens with two attached hydrogens (primary N) is 1. The minimum absolute atomic E-state index is 0.586. The number of rotatable bonds is 2. The summed E-state index contributed by atoms with van der Waals surface area (Å²) in [6, 6.07) is 6.24. The van der Waals surface area contributed by atoms with Crippen LogP contribution in [0.15, 0.2) is 18.2 Å². The summed E-state index contributed by atoms with van der Waals surface area (Å²) in [6.45, 7) is 4.78. The van der Waals surface area contributed by atoms with Gasteiger partial charge in [-0.05, 0) is 37.1 Å². The molecule has 0 aliphatic heterocycles. The monoisotopic (exact) mass is 240 g/mol. The van der Waals surface area contributed by atoms with Crippen molar-refractivity contribution in [2.45, 2.75) is 13.8 Å². The first-order valence-electron chi connectivity index (χ1n) is 4.61. The molecule has 1 aromatic rings. The number of terminal acetylenes is 1. The second-order valence-electron chi connectivity index (χ2n) is 3.14. The third kappa shape index (κ3) is 6.87. The van der Waals surface area contributed by atoms with E-state index >= 15 is 0 Å². The summed E-state index contributed by atoms with van der Waals surface area (Å²) in [4.78, 5) is 0. The van der Waals surface area contributed by atoms with E-state index in [1.54, 1.807) is 0 Å². The van der Waals surface area contributed by atoms with E-state index < -0.39 is 10.9 Å². The zero-order chi connectivity index (χ0) is 12.6. The molecule has 0 spiro atoms. The van der Waals surface area contributed by atoms with Crippen LogP contribution in [0, 0.1) is 26.2 Å². The molecule has 1 rings (SSSR count). The topological polar surface area (TPSA) is 72.2 Å². The Morgan fingerprint density at radius 3 is 2.38 bits per heavy atom. The predicted molar refractivity (Wildman–Crippen MR) is 67.7 cm³/mol. The van der Waals surface area contributed by atoms with Crippen LogP contribution in [0.5, 0.6) is 0 Å². The predicted octanol–water partition coefficient (Wildman–Crippen LogP) is 0.820. The first-order valence-corrected chi connectivity index (χ1v) is 5.85. The number of anilines is 1. The highest BCUT2D eigenvalue weighted by Gasteiger charge is 1.93. The number of aryl methyl sites for hydroxylation is 2. The SMILES string of the molecule is C#CCNc1ccc(C)c(C)c1.N[SH](=O)=O. The largest absolute Gasteiger partial charge is 0.374 e. The third-order valence-electron chi connectivity index (χ3n) is 1.90. The van der Waals surface area contributed by atoms with Crippen LogP contribution in [0.1, 0.15) is 11.1 Å². The average Bonchev–Trinajstić information content (AvgIpc) is 2.19. The molecule has 0 aliphatic rings. The van der Waals surface area contributed by atoms with Gasteiger partial charge >= 0.3 is 0 Å². The molecule has 16 heavy (non-hydrogen) atoms. The van der Waals surface area contributed by atoms with Crippen molar-refractivity contribution in [2.75, 3.05) is 11.9 Å². The van der Waals surface area contributed by atoms with E-state index in [2.05, 4.69) is 42.4 Å². The van der Waals surface area contributed by atoms with Gasteiger partial charge in [0.15, 0.2) is 10.9 Å². The number of hydrogen-bond acceptors (Lipinski definition) is 3. The van der Waals surface area contributed by atoms with Crippen molar-refractivity contribution in [3.05, 3.63) is 29.3 Å². The minimum atomic E-state index is -2.62. The van der Waals surface area contributed by atoms with Gasteiger partial charge in [0.2, 0.25) is 0 Å². The van der Waals surface area contributed by atoms with Gasteiger partial charge < -0.3 is 5.32 Å². The van der Waals surface area contributed by atoms with Crippen molar-refractivity contribution in [3.63, 3.8) is 0 Å². The quantitative estimate of drug-likeness (QED) is 0.529. The highest BCUT2D eigenvalue weighted by Crippen LogP contribution is 2.13. The molecule has 88 valence electrons. The lowest BCUT2D eigenvalue weighted by atomic mass is 10.1. The normalized spacial score (nSPS) is 8.94. The lowest BCUT2D eigenvalue weighted by Crippen LogP contribution is -1.98. The number of thiol groups is 1. The minimum Gasteiger partial charge on any atom is -0.374 e. The lowest BCUT2D eigenvalue weighted by molar-refractivity contribution is 0.616. The van der Waals surface area contributed by atoms with Crippen molar-refractivity contribution in [2.24, 2.45) is 5.14 Å². The summed E-state index contributed by atoms with van der Waals surface area (Å²) in [7, 11) is -2.62. The maximum Gasteiger partial charge on any atom is 0.198 e. The smallest absolute Gasteiger partial charge is 0.198 e. The van der Waals surface area contributed by atoms with Crippen LogP contribution in [0.25, 0.3) is 0 Å². The Morgan fingerprint density at radius 2 is 1.94 bits per heavy atom. The van der Waals surface area contributed by atoms with Gasteiger partial charge in [0.1, 0.15) is 0 Å². The molecule has 0 saturated carbocycles. The zero-order valence-electron chi connectivity index (χ0n) is 9.36. The summed E-state index contributed by atoms with van der Waals surface area (Å²) < 4.78 is 17.6. The Labute approximate surface area is 97.9 Å². The molecule has 0 aliphatic carbocycles. The van der Waals surface area contributed by atoms with Gasteiger partial charge in [-0.25, -0.2) is 13.6 Å². The van der Waals surface area contributed by atoms with Crippen LogP contribution in [0.3, 0.4) is 0 Å². The lowest BCUT2D eigenvalue weighted by Gasteiger charge is -2.05. The van der Waals surface area contributed by atoms with Crippen molar-refractivity contribution in [3.8, 4) is 12.3 Å². The summed E-state index contributed by atoms with van der Waals surface area (Å²) in [5.74, 6) is 2.54. The molecular formula is C11H16N2O2S. The van der Waals surface area contributed by atoms with Gasteiger partial charge in [0.25, 0.3) is 0 Å². The zero-order valence-corrected chi connectivity index (χ0v) is 10.3. The van der Waals surface area contributed by atoms with Gasteiger partial charge in [0.05, 0.1) is 6.54 Å². The van der Waals surface area contributed by atoms with E-state index in [9.17, 15) is 0 Å². The van der Waals surface area contributed by atoms with Gasteiger partial charge in [-0.3, -0.25) is 0 Å². The molecule has 0 aromatic heterocycles. The number of benzene rings is 1. The van der Waals surface area contributed by atoms with E-state index in [0.29, 0.717) is 6.54 Å². The van der Waals surface area contributed by atoms with Crippen molar-refractivity contribution >= 4 is 16.6 Å². The molecule has 0 radical (unpaired) electrons. The second-order valence-corrected chi connectivity index (χ2v) is 3.71. The van der Waals surface area contributed by atoms with Gasteiger partial charge in [-0.2, -0.15) is 0 Å². The Bertz CT molecular complexity index is 440. The van der Waals surface area contributed by atoms with E-state index in [4.69, 9.17) is 14.8 Å². The van der Waals surface area contributed by atoms with E-state index in [0.717, 1.165) is 5.69 Å². The van der Waals surface area contributed by atoms with Gasteiger partial charge in [-0.1, -0.05) is 12.0 Å². The highest BCUT2D eigenvalue weighted by atomic mass is 32.2. The van der Waals surface area contributed by atoms with Gasteiger partial charge in [0, 0.05) is 5.69 Å². The number of nitrogens with one attached hydrogen (secondary N) is 1. The number of hydrogen-bond donors (Lipinski definition) is 3. The fourth-order valence-electron chi connectivity index (χ4n) is 1.00. The fraction of sp³-hybridized carbons (Fsp3) is 0.273. The summed E-state index contributed by atoms with van der Waals surface area (Å²) in [6.07, 6.45) is 5.13. The van der Waals surface area contributed by atoms with Crippen LogP contribution >= 0.6 is 0 Å². The molecule has 5 heteroatoms. The Hall–Kier alpha value is -1.51. The van der Waals surface area contributed by atoms with E-state index in [-0.39, 0.29) is 0 Å². The van der Waals surface area contributed by atoms with Crippen LogP contribution in [-0.2, 0) is 10.9 Å². The maximum atomic E-state index is 8.81. The summed E-state index contributed by atoms with van der Waals surface area (Å²) in [5.41, 5.74) is 3.69.